The lowest BCUT2D eigenvalue weighted by molar-refractivity contribution is 0.0960. The largest absolute Gasteiger partial charge is 0.310 e. The second-order valence-corrected chi connectivity index (χ2v) is 6.33. The third-order valence-electron chi connectivity index (χ3n) is 3.96. The van der Waals surface area contributed by atoms with Gasteiger partial charge in [-0.2, -0.15) is 5.10 Å². The van der Waals surface area contributed by atoms with E-state index < -0.39 is 0 Å². The molecule has 2 heterocycles. The molecule has 0 aliphatic carbocycles. The molecular formula is C14H26N4. The molecule has 2 rings (SSSR count). The van der Waals surface area contributed by atoms with Crippen molar-refractivity contribution < 1.29 is 0 Å². The van der Waals surface area contributed by atoms with Crippen LogP contribution in [0.25, 0.3) is 0 Å². The van der Waals surface area contributed by atoms with Gasteiger partial charge in [-0.1, -0.05) is 0 Å². The van der Waals surface area contributed by atoms with Crippen LogP contribution >= 0.6 is 0 Å². The van der Waals surface area contributed by atoms with E-state index in [-0.39, 0.29) is 0 Å². The predicted molar refractivity (Wildman–Crippen MR) is 74.5 cm³/mol. The second-order valence-electron chi connectivity index (χ2n) is 6.33. The standard InChI is InChI=1S/C14H26N4/c1-11-12(10-16-17-11)9-15-13-5-7-18(8-6-13)14(2,3)4/h10,13,15H,5-9H2,1-4H3,(H,16,17). The average Bonchev–Trinajstić information content (AvgIpc) is 2.72. The van der Waals surface area contributed by atoms with E-state index in [4.69, 9.17) is 0 Å². The van der Waals surface area contributed by atoms with Crippen LogP contribution in [0.4, 0.5) is 0 Å². The minimum absolute atomic E-state index is 0.312. The van der Waals surface area contributed by atoms with Gasteiger partial charge >= 0.3 is 0 Å². The summed E-state index contributed by atoms with van der Waals surface area (Å²) in [6.45, 7) is 12.3. The zero-order valence-electron chi connectivity index (χ0n) is 12.1. The molecule has 1 aliphatic heterocycles. The Morgan fingerprint density at radius 1 is 1.39 bits per heavy atom. The monoisotopic (exact) mass is 250 g/mol. The molecule has 1 aromatic heterocycles. The lowest BCUT2D eigenvalue weighted by atomic mass is 9.98. The molecule has 0 radical (unpaired) electrons. The lowest BCUT2D eigenvalue weighted by Crippen LogP contribution is -2.49. The number of hydrogen-bond donors (Lipinski definition) is 2. The van der Waals surface area contributed by atoms with E-state index in [0.29, 0.717) is 11.6 Å². The molecule has 102 valence electrons. The van der Waals surface area contributed by atoms with E-state index in [0.717, 1.165) is 6.54 Å². The summed E-state index contributed by atoms with van der Waals surface area (Å²) in [7, 11) is 0. The fraction of sp³-hybridized carbons (Fsp3) is 0.786. The molecule has 18 heavy (non-hydrogen) atoms. The highest BCUT2D eigenvalue weighted by molar-refractivity contribution is 5.13. The quantitative estimate of drug-likeness (QED) is 0.863. The Morgan fingerprint density at radius 2 is 2.06 bits per heavy atom. The van der Waals surface area contributed by atoms with Crippen molar-refractivity contribution in [1.82, 2.24) is 20.4 Å². The first kappa shape index (κ1) is 13.6. The number of nitrogens with zero attached hydrogens (tertiary/aromatic N) is 2. The number of H-pyrrole nitrogens is 1. The number of piperidine rings is 1. The SMILES string of the molecule is Cc1[nH]ncc1CNC1CCN(C(C)(C)C)CC1. The second kappa shape index (κ2) is 5.41. The fourth-order valence-electron chi connectivity index (χ4n) is 2.56. The van der Waals surface area contributed by atoms with Crippen molar-refractivity contribution in [2.24, 2.45) is 0 Å². The Morgan fingerprint density at radius 3 is 2.56 bits per heavy atom. The van der Waals surface area contributed by atoms with Gasteiger partial charge in [0, 0.05) is 42.5 Å². The van der Waals surface area contributed by atoms with Crippen molar-refractivity contribution in [3.05, 3.63) is 17.5 Å². The highest BCUT2D eigenvalue weighted by Gasteiger charge is 2.26. The summed E-state index contributed by atoms with van der Waals surface area (Å²) < 4.78 is 0. The van der Waals surface area contributed by atoms with Gasteiger partial charge in [0.25, 0.3) is 0 Å². The lowest BCUT2D eigenvalue weighted by Gasteiger charge is -2.41. The Balaban J connectivity index is 1.76. The molecule has 0 bridgehead atoms. The third-order valence-corrected chi connectivity index (χ3v) is 3.96. The van der Waals surface area contributed by atoms with E-state index in [9.17, 15) is 0 Å². The van der Waals surface area contributed by atoms with Crippen molar-refractivity contribution in [2.75, 3.05) is 13.1 Å². The highest BCUT2D eigenvalue weighted by atomic mass is 15.2. The molecular weight excluding hydrogens is 224 g/mol. The molecule has 1 saturated heterocycles. The summed E-state index contributed by atoms with van der Waals surface area (Å²) in [6.07, 6.45) is 4.41. The van der Waals surface area contributed by atoms with E-state index in [1.54, 1.807) is 0 Å². The molecule has 1 aromatic rings. The van der Waals surface area contributed by atoms with Gasteiger partial charge in [0.15, 0.2) is 0 Å². The zero-order chi connectivity index (χ0) is 13.2. The maximum absolute atomic E-state index is 4.06. The van der Waals surface area contributed by atoms with E-state index >= 15 is 0 Å². The van der Waals surface area contributed by atoms with E-state index in [2.05, 4.69) is 48.1 Å². The minimum atomic E-state index is 0.312. The number of rotatable bonds is 3. The van der Waals surface area contributed by atoms with Gasteiger partial charge in [0.1, 0.15) is 0 Å². The molecule has 4 heteroatoms. The molecule has 0 aromatic carbocycles. The summed E-state index contributed by atoms with van der Waals surface area (Å²) in [5.74, 6) is 0. The molecule has 2 N–H and O–H groups in total. The molecule has 0 saturated carbocycles. The number of aryl methyl sites for hydroxylation is 1. The number of aromatic nitrogens is 2. The topological polar surface area (TPSA) is 44.0 Å². The molecule has 0 atom stereocenters. The Kier molecular flexibility index (Phi) is 4.07. The van der Waals surface area contributed by atoms with Crippen LogP contribution in [0.5, 0.6) is 0 Å². The van der Waals surface area contributed by atoms with E-state index in [1.165, 1.54) is 37.2 Å². The Labute approximate surface area is 110 Å². The number of nitrogens with one attached hydrogen (secondary N) is 2. The molecule has 0 unspecified atom stereocenters. The maximum atomic E-state index is 4.06. The Hall–Kier alpha value is -0.870. The molecule has 1 fully saturated rings. The van der Waals surface area contributed by atoms with Gasteiger partial charge < -0.3 is 5.32 Å². The van der Waals surface area contributed by atoms with Crippen LogP contribution in [0.15, 0.2) is 6.20 Å². The van der Waals surface area contributed by atoms with Crippen molar-refractivity contribution in [3.63, 3.8) is 0 Å². The normalized spacial score (nSPS) is 19.3. The smallest absolute Gasteiger partial charge is 0.0535 e. The number of hydrogen-bond acceptors (Lipinski definition) is 3. The van der Waals surface area contributed by atoms with Crippen molar-refractivity contribution in [3.8, 4) is 0 Å². The summed E-state index contributed by atoms with van der Waals surface area (Å²) in [5, 5.41) is 10.7. The van der Waals surface area contributed by atoms with Gasteiger partial charge in [-0.3, -0.25) is 10.00 Å². The molecule has 0 amide bonds. The summed E-state index contributed by atoms with van der Waals surface area (Å²) in [6, 6.07) is 0.651. The first-order valence-corrected chi connectivity index (χ1v) is 6.94. The third kappa shape index (κ3) is 3.33. The van der Waals surface area contributed by atoms with Crippen LogP contribution < -0.4 is 5.32 Å². The van der Waals surface area contributed by atoms with Crippen LogP contribution in [-0.2, 0) is 6.54 Å². The first-order chi connectivity index (χ1) is 8.47. The summed E-state index contributed by atoms with van der Waals surface area (Å²) >= 11 is 0. The van der Waals surface area contributed by atoms with Gasteiger partial charge in [-0.05, 0) is 40.5 Å². The van der Waals surface area contributed by atoms with Gasteiger partial charge in [-0.15, -0.1) is 0 Å². The summed E-state index contributed by atoms with van der Waals surface area (Å²) in [5.41, 5.74) is 2.77. The Bertz CT molecular complexity index is 369. The maximum Gasteiger partial charge on any atom is 0.0535 e. The predicted octanol–water partition coefficient (Wildman–Crippen LogP) is 2.07. The van der Waals surface area contributed by atoms with Crippen molar-refractivity contribution in [1.29, 1.82) is 0 Å². The summed E-state index contributed by atoms with van der Waals surface area (Å²) in [4.78, 5) is 2.58. The molecule has 0 spiro atoms. The minimum Gasteiger partial charge on any atom is -0.310 e. The van der Waals surface area contributed by atoms with E-state index in [1.807, 2.05) is 6.20 Å². The van der Waals surface area contributed by atoms with Crippen LogP contribution in [-0.4, -0.2) is 39.8 Å². The van der Waals surface area contributed by atoms with Crippen molar-refractivity contribution >= 4 is 0 Å². The van der Waals surface area contributed by atoms with Crippen LogP contribution in [0.2, 0.25) is 0 Å². The van der Waals surface area contributed by atoms with Gasteiger partial charge in [0.2, 0.25) is 0 Å². The molecule has 4 nitrogen and oxygen atoms in total. The van der Waals surface area contributed by atoms with Crippen molar-refractivity contribution in [2.45, 2.75) is 58.7 Å². The first-order valence-electron chi connectivity index (χ1n) is 6.94. The number of likely N-dealkylation sites (tertiary alicyclic amines) is 1. The zero-order valence-corrected chi connectivity index (χ0v) is 12.1. The van der Waals surface area contributed by atoms with Crippen LogP contribution in [0.1, 0.15) is 44.9 Å². The number of aromatic amines is 1. The van der Waals surface area contributed by atoms with Gasteiger partial charge in [-0.25, -0.2) is 0 Å². The van der Waals surface area contributed by atoms with Gasteiger partial charge in [0.05, 0.1) is 6.20 Å². The van der Waals surface area contributed by atoms with Crippen LogP contribution in [0, 0.1) is 6.92 Å². The average molecular weight is 250 g/mol. The van der Waals surface area contributed by atoms with Crippen LogP contribution in [0.3, 0.4) is 0 Å². The highest BCUT2D eigenvalue weighted by Crippen LogP contribution is 2.20. The molecule has 1 aliphatic rings. The fourth-order valence-corrected chi connectivity index (χ4v) is 2.56.